The first-order chi connectivity index (χ1) is 33.7. The second kappa shape index (κ2) is 16.3. The minimum atomic E-state index is 0.546. The van der Waals surface area contributed by atoms with Gasteiger partial charge in [0.2, 0.25) is 5.95 Å². The Balaban J connectivity index is 1.12. The Kier molecular flexibility index (Phi) is 9.39. The van der Waals surface area contributed by atoms with Gasteiger partial charge in [0.15, 0.2) is 11.6 Å². The molecule has 0 aliphatic heterocycles. The highest BCUT2D eigenvalue weighted by molar-refractivity contribution is 6.24. The molecule has 0 amide bonds. The summed E-state index contributed by atoms with van der Waals surface area (Å²) in [6.07, 6.45) is 0. The van der Waals surface area contributed by atoms with Gasteiger partial charge >= 0.3 is 0 Å². The van der Waals surface area contributed by atoms with Crippen molar-refractivity contribution >= 4 is 43.6 Å². The van der Waals surface area contributed by atoms with Crippen LogP contribution in [0.2, 0.25) is 0 Å². The highest BCUT2D eigenvalue weighted by Gasteiger charge is 2.25. The van der Waals surface area contributed by atoms with E-state index in [0.29, 0.717) is 17.6 Å². The number of hydrogen-bond donors (Lipinski definition) is 0. The predicted octanol–water partition coefficient (Wildman–Crippen LogP) is 15.5. The SMILES string of the molecule is c1ccc(-c2cc(-c3ccccc3-n3c4ccccc4c4ccc5c6ccccc6n(-c6nc(-c7ccccc7)nc(-c7ccccc7)n6)c5c43)cc(-c3ccccc3-c3ccccc3)n2)cc1. The lowest BCUT2D eigenvalue weighted by molar-refractivity contribution is 0.953. The molecule has 0 aliphatic rings. The number of para-hydroxylation sites is 3. The maximum absolute atomic E-state index is 5.42. The molecule has 13 rings (SSSR count). The molecule has 0 fully saturated rings. The molecule has 318 valence electrons. The van der Waals surface area contributed by atoms with Gasteiger partial charge in [0.25, 0.3) is 0 Å². The van der Waals surface area contributed by atoms with Crippen LogP contribution < -0.4 is 0 Å². The maximum atomic E-state index is 5.42. The van der Waals surface area contributed by atoms with Gasteiger partial charge in [-0.15, -0.1) is 0 Å². The second-order valence-corrected chi connectivity index (χ2v) is 17.0. The van der Waals surface area contributed by atoms with Gasteiger partial charge in [0, 0.05) is 49.4 Å². The van der Waals surface area contributed by atoms with Crippen molar-refractivity contribution in [2.45, 2.75) is 0 Å². The zero-order valence-electron chi connectivity index (χ0n) is 36.8. The summed E-state index contributed by atoms with van der Waals surface area (Å²) in [5.41, 5.74) is 15.4. The van der Waals surface area contributed by atoms with Gasteiger partial charge in [-0.05, 0) is 47.0 Å². The van der Waals surface area contributed by atoms with Crippen LogP contribution in [0.3, 0.4) is 0 Å². The van der Waals surface area contributed by atoms with Gasteiger partial charge in [0.1, 0.15) is 0 Å². The van der Waals surface area contributed by atoms with Gasteiger partial charge in [-0.3, -0.25) is 4.57 Å². The first-order valence-electron chi connectivity index (χ1n) is 22.9. The van der Waals surface area contributed by atoms with E-state index in [-0.39, 0.29) is 0 Å². The molecule has 6 heteroatoms. The summed E-state index contributed by atoms with van der Waals surface area (Å²) in [5.74, 6) is 1.76. The summed E-state index contributed by atoms with van der Waals surface area (Å²) in [6, 6.07) is 85.2. The lowest BCUT2D eigenvalue weighted by atomic mass is 9.94. The van der Waals surface area contributed by atoms with Crippen molar-refractivity contribution in [3.63, 3.8) is 0 Å². The van der Waals surface area contributed by atoms with Crippen LogP contribution in [0.25, 0.3) is 123 Å². The average Bonchev–Trinajstić information content (AvgIpc) is 3.95. The third kappa shape index (κ3) is 6.58. The Bertz CT molecular complexity index is 3950. The minimum absolute atomic E-state index is 0.546. The Morgan fingerprint density at radius 2 is 0.706 bits per heavy atom. The number of hydrogen-bond acceptors (Lipinski definition) is 4. The van der Waals surface area contributed by atoms with Crippen LogP contribution >= 0.6 is 0 Å². The lowest BCUT2D eigenvalue weighted by Gasteiger charge is -2.18. The monoisotopic (exact) mass is 868 g/mol. The Labute approximate surface area is 392 Å². The quantitative estimate of drug-likeness (QED) is 0.153. The van der Waals surface area contributed by atoms with Gasteiger partial charge in [-0.2, -0.15) is 9.97 Å². The minimum Gasteiger partial charge on any atom is -0.307 e. The van der Waals surface area contributed by atoms with Gasteiger partial charge < -0.3 is 4.57 Å². The summed E-state index contributed by atoms with van der Waals surface area (Å²) in [6.45, 7) is 0. The molecule has 9 aromatic carbocycles. The van der Waals surface area contributed by atoms with E-state index in [1.165, 1.54) is 0 Å². The predicted molar refractivity (Wildman–Crippen MR) is 279 cm³/mol. The first-order valence-corrected chi connectivity index (χ1v) is 22.9. The molecular formula is C62H40N6. The fraction of sp³-hybridized carbons (Fsp3) is 0. The molecule has 0 spiro atoms. The fourth-order valence-electron chi connectivity index (χ4n) is 9.93. The third-order valence-corrected chi connectivity index (χ3v) is 13.0. The van der Waals surface area contributed by atoms with Crippen LogP contribution in [-0.4, -0.2) is 29.1 Å². The summed E-state index contributed by atoms with van der Waals surface area (Å²) < 4.78 is 4.71. The summed E-state index contributed by atoms with van der Waals surface area (Å²) >= 11 is 0. The van der Waals surface area contributed by atoms with Crippen molar-refractivity contribution in [3.8, 4) is 79.2 Å². The fourth-order valence-corrected chi connectivity index (χ4v) is 9.93. The third-order valence-electron chi connectivity index (χ3n) is 13.0. The molecule has 0 N–H and O–H groups in total. The normalized spacial score (nSPS) is 11.5. The van der Waals surface area contributed by atoms with E-state index in [9.17, 15) is 0 Å². The van der Waals surface area contributed by atoms with Crippen LogP contribution in [0.1, 0.15) is 0 Å². The molecule has 0 atom stereocenters. The van der Waals surface area contributed by atoms with E-state index in [4.69, 9.17) is 19.9 Å². The number of nitrogens with zero attached hydrogens (tertiary/aromatic N) is 6. The van der Waals surface area contributed by atoms with E-state index in [2.05, 4.69) is 215 Å². The molecule has 0 saturated heterocycles. The van der Waals surface area contributed by atoms with E-state index in [0.717, 1.165) is 105 Å². The topological polar surface area (TPSA) is 61.4 Å². The van der Waals surface area contributed by atoms with E-state index < -0.39 is 0 Å². The van der Waals surface area contributed by atoms with Crippen molar-refractivity contribution in [2.75, 3.05) is 0 Å². The van der Waals surface area contributed by atoms with Crippen LogP contribution in [-0.2, 0) is 0 Å². The molecule has 0 bridgehead atoms. The smallest absolute Gasteiger partial charge is 0.238 e. The van der Waals surface area contributed by atoms with Crippen molar-refractivity contribution in [1.82, 2.24) is 29.1 Å². The molecule has 13 aromatic rings. The summed E-state index contributed by atoms with van der Waals surface area (Å²) in [5, 5.41) is 4.50. The van der Waals surface area contributed by atoms with Crippen molar-refractivity contribution in [2.24, 2.45) is 0 Å². The largest absolute Gasteiger partial charge is 0.307 e. The van der Waals surface area contributed by atoms with Crippen molar-refractivity contribution < 1.29 is 0 Å². The number of benzene rings is 9. The zero-order chi connectivity index (χ0) is 45.0. The zero-order valence-corrected chi connectivity index (χ0v) is 36.8. The molecule has 4 aromatic heterocycles. The molecule has 6 nitrogen and oxygen atoms in total. The first kappa shape index (κ1) is 39.1. The van der Waals surface area contributed by atoms with E-state index in [1.54, 1.807) is 0 Å². The van der Waals surface area contributed by atoms with Gasteiger partial charge in [-0.1, -0.05) is 212 Å². The van der Waals surface area contributed by atoms with Crippen LogP contribution in [0.15, 0.2) is 243 Å². The van der Waals surface area contributed by atoms with Gasteiger partial charge in [-0.25, -0.2) is 9.97 Å². The molecule has 68 heavy (non-hydrogen) atoms. The Hall–Kier alpha value is -9.26. The summed E-state index contributed by atoms with van der Waals surface area (Å²) in [7, 11) is 0. The number of pyridine rings is 1. The van der Waals surface area contributed by atoms with Crippen LogP contribution in [0, 0.1) is 0 Å². The molecule has 0 unspecified atom stereocenters. The summed E-state index contributed by atoms with van der Waals surface area (Å²) in [4.78, 5) is 21.2. The Morgan fingerprint density at radius 3 is 1.31 bits per heavy atom. The van der Waals surface area contributed by atoms with Crippen molar-refractivity contribution in [1.29, 1.82) is 0 Å². The second-order valence-electron chi connectivity index (χ2n) is 17.0. The maximum Gasteiger partial charge on any atom is 0.238 e. The van der Waals surface area contributed by atoms with Gasteiger partial charge in [0.05, 0.1) is 39.1 Å². The van der Waals surface area contributed by atoms with Crippen LogP contribution in [0.4, 0.5) is 0 Å². The molecule has 0 aliphatic carbocycles. The standard InChI is InChI=1S/C62H40N6/c1-5-21-41(22-6-1)46-29-13-14-31-48(46)54-40-45(39-53(63-54)42-23-7-2-8-24-42)47-30-15-18-34-55(47)67-56-35-19-16-32-49(56)51-37-38-52-50-33-17-20-36-57(50)68(59(52)58(51)67)62-65-60(43-25-9-3-10-26-43)64-61(66-62)44-27-11-4-12-28-44/h1-40H. The molecule has 4 heterocycles. The van der Waals surface area contributed by atoms with E-state index >= 15 is 0 Å². The number of aromatic nitrogens is 6. The average molecular weight is 869 g/mol. The van der Waals surface area contributed by atoms with Crippen molar-refractivity contribution in [3.05, 3.63) is 243 Å². The lowest BCUT2D eigenvalue weighted by Crippen LogP contribution is -2.07. The van der Waals surface area contributed by atoms with E-state index in [1.807, 2.05) is 36.4 Å². The molecule has 0 saturated carbocycles. The molecular weight excluding hydrogens is 829 g/mol. The highest BCUT2D eigenvalue weighted by Crippen LogP contribution is 2.44. The van der Waals surface area contributed by atoms with Crippen LogP contribution in [0.5, 0.6) is 0 Å². The number of fused-ring (bicyclic) bond motifs is 7. The Morgan fingerprint density at radius 1 is 0.265 bits per heavy atom. The molecule has 0 radical (unpaired) electrons. The number of rotatable bonds is 8. The highest BCUT2D eigenvalue weighted by atomic mass is 15.2.